The minimum atomic E-state index is -0.746. The van der Waals surface area contributed by atoms with Crippen LogP contribution in [-0.4, -0.2) is 35.0 Å². The van der Waals surface area contributed by atoms with Crippen molar-refractivity contribution in [3.63, 3.8) is 0 Å². The standard InChI is InChI=1S/C14H27N3O/c1-13(2)7-4-9-17(13)10-6-11-5-3-8-14(11,16)12(15)18/h11H,3-10,16H2,1-2H3,(H2,15,18). The Bertz CT molecular complexity index is 329. The number of carbonyl (C=O) groups excluding carboxylic acids is 1. The molecule has 1 saturated heterocycles. The van der Waals surface area contributed by atoms with Crippen molar-refractivity contribution in [3.05, 3.63) is 0 Å². The molecule has 18 heavy (non-hydrogen) atoms. The molecule has 2 fully saturated rings. The van der Waals surface area contributed by atoms with E-state index in [0.717, 1.165) is 32.2 Å². The zero-order valence-corrected chi connectivity index (χ0v) is 11.7. The number of rotatable bonds is 4. The van der Waals surface area contributed by atoms with Crippen LogP contribution in [0.2, 0.25) is 0 Å². The average molecular weight is 253 g/mol. The molecule has 0 aromatic heterocycles. The van der Waals surface area contributed by atoms with Crippen molar-refractivity contribution in [1.29, 1.82) is 0 Å². The third-order valence-electron chi connectivity index (χ3n) is 5.15. The molecule has 2 rings (SSSR count). The lowest BCUT2D eigenvalue weighted by atomic mass is 9.84. The number of hydrogen-bond acceptors (Lipinski definition) is 3. The summed E-state index contributed by atoms with van der Waals surface area (Å²) in [6, 6.07) is 0. The molecule has 0 spiro atoms. The highest BCUT2D eigenvalue weighted by Gasteiger charge is 2.44. The third kappa shape index (κ3) is 2.41. The van der Waals surface area contributed by atoms with E-state index in [9.17, 15) is 4.79 Å². The van der Waals surface area contributed by atoms with Gasteiger partial charge in [-0.15, -0.1) is 0 Å². The smallest absolute Gasteiger partial charge is 0.237 e. The molecule has 2 unspecified atom stereocenters. The third-order valence-corrected chi connectivity index (χ3v) is 5.15. The lowest BCUT2D eigenvalue weighted by Crippen LogP contribution is -2.55. The zero-order chi connectivity index (χ0) is 13.4. The maximum Gasteiger partial charge on any atom is 0.237 e. The molecule has 1 aliphatic heterocycles. The van der Waals surface area contributed by atoms with Crippen molar-refractivity contribution in [2.24, 2.45) is 17.4 Å². The Hall–Kier alpha value is -0.610. The van der Waals surface area contributed by atoms with Gasteiger partial charge in [-0.2, -0.15) is 0 Å². The van der Waals surface area contributed by atoms with Crippen LogP contribution in [-0.2, 0) is 4.79 Å². The van der Waals surface area contributed by atoms with Crippen LogP contribution >= 0.6 is 0 Å². The lowest BCUT2D eigenvalue weighted by molar-refractivity contribution is -0.124. The molecule has 104 valence electrons. The molecule has 0 bridgehead atoms. The second kappa shape index (κ2) is 4.82. The van der Waals surface area contributed by atoms with Gasteiger partial charge in [0, 0.05) is 5.54 Å². The topological polar surface area (TPSA) is 72.3 Å². The van der Waals surface area contributed by atoms with Crippen molar-refractivity contribution in [2.75, 3.05) is 13.1 Å². The van der Waals surface area contributed by atoms with E-state index < -0.39 is 5.54 Å². The second-order valence-corrected chi connectivity index (χ2v) is 6.69. The number of amides is 1. The molecule has 1 heterocycles. The number of hydrogen-bond donors (Lipinski definition) is 2. The fourth-order valence-electron chi connectivity index (χ4n) is 3.72. The molecule has 0 aromatic rings. The van der Waals surface area contributed by atoms with Crippen molar-refractivity contribution in [3.8, 4) is 0 Å². The van der Waals surface area contributed by atoms with E-state index in [0.29, 0.717) is 5.54 Å². The van der Waals surface area contributed by atoms with Crippen molar-refractivity contribution >= 4 is 5.91 Å². The maximum atomic E-state index is 11.5. The van der Waals surface area contributed by atoms with E-state index in [1.165, 1.54) is 19.4 Å². The van der Waals surface area contributed by atoms with Crippen LogP contribution in [0.1, 0.15) is 52.4 Å². The molecule has 1 amide bonds. The number of nitrogens with zero attached hydrogens (tertiary/aromatic N) is 1. The Morgan fingerprint density at radius 1 is 1.33 bits per heavy atom. The van der Waals surface area contributed by atoms with Gasteiger partial charge in [0.1, 0.15) is 0 Å². The molecule has 1 aliphatic carbocycles. The summed E-state index contributed by atoms with van der Waals surface area (Å²) in [5.74, 6) is -0.0444. The summed E-state index contributed by atoms with van der Waals surface area (Å²) in [4.78, 5) is 14.1. The number of primary amides is 1. The van der Waals surface area contributed by atoms with Gasteiger partial charge in [0.15, 0.2) is 0 Å². The molecule has 1 saturated carbocycles. The Morgan fingerprint density at radius 2 is 2.06 bits per heavy atom. The minimum Gasteiger partial charge on any atom is -0.368 e. The fourth-order valence-corrected chi connectivity index (χ4v) is 3.72. The summed E-state index contributed by atoms with van der Waals surface area (Å²) in [6.07, 6.45) is 6.39. The van der Waals surface area contributed by atoms with Gasteiger partial charge in [-0.25, -0.2) is 0 Å². The zero-order valence-electron chi connectivity index (χ0n) is 11.7. The number of carbonyl (C=O) groups is 1. The van der Waals surface area contributed by atoms with Crippen LogP contribution in [0.4, 0.5) is 0 Å². The molecule has 2 atom stereocenters. The molecule has 0 radical (unpaired) electrons. The molecule has 0 aromatic carbocycles. The highest BCUT2D eigenvalue weighted by atomic mass is 16.1. The summed E-state index contributed by atoms with van der Waals surface area (Å²) < 4.78 is 0. The Balaban J connectivity index is 1.92. The van der Waals surface area contributed by atoms with E-state index in [-0.39, 0.29) is 11.8 Å². The van der Waals surface area contributed by atoms with Crippen LogP contribution < -0.4 is 11.5 Å². The largest absolute Gasteiger partial charge is 0.368 e. The minimum absolute atomic E-state index is 0.270. The molecule has 2 aliphatic rings. The SMILES string of the molecule is CC1(C)CCCN1CCC1CCCC1(N)C(N)=O. The van der Waals surface area contributed by atoms with Crippen LogP contribution in [0.5, 0.6) is 0 Å². The van der Waals surface area contributed by atoms with Gasteiger partial charge in [0.25, 0.3) is 0 Å². The van der Waals surface area contributed by atoms with Crippen LogP contribution in [0.3, 0.4) is 0 Å². The first kappa shape index (κ1) is 13.8. The van der Waals surface area contributed by atoms with Gasteiger partial charge in [0.05, 0.1) is 5.54 Å². The van der Waals surface area contributed by atoms with E-state index in [4.69, 9.17) is 11.5 Å². The van der Waals surface area contributed by atoms with Crippen LogP contribution in [0.15, 0.2) is 0 Å². The van der Waals surface area contributed by atoms with Crippen molar-refractivity contribution in [2.45, 2.75) is 63.5 Å². The summed E-state index contributed by atoms with van der Waals surface area (Å²) in [6.45, 7) is 6.83. The number of likely N-dealkylation sites (tertiary alicyclic amines) is 1. The van der Waals surface area contributed by atoms with Gasteiger partial charge in [-0.05, 0) is 65.0 Å². The summed E-state index contributed by atoms with van der Waals surface area (Å²) in [5, 5.41) is 0. The summed E-state index contributed by atoms with van der Waals surface area (Å²) in [5.41, 5.74) is 11.2. The molecular formula is C14H27N3O. The number of nitrogens with two attached hydrogens (primary N) is 2. The summed E-state index contributed by atoms with van der Waals surface area (Å²) >= 11 is 0. The van der Waals surface area contributed by atoms with Gasteiger partial charge in [0.2, 0.25) is 5.91 Å². The highest BCUT2D eigenvalue weighted by molar-refractivity contribution is 5.85. The first-order valence-electron chi connectivity index (χ1n) is 7.20. The first-order chi connectivity index (χ1) is 8.36. The van der Waals surface area contributed by atoms with E-state index in [1.807, 2.05) is 0 Å². The highest BCUT2D eigenvalue weighted by Crippen LogP contribution is 2.37. The Kier molecular flexibility index (Phi) is 3.70. The normalized spacial score (nSPS) is 36.1. The quantitative estimate of drug-likeness (QED) is 0.791. The molecule has 4 heteroatoms. The molecule has 4 nitrogen and oxygen atoms in total. The second-order valence-electron chi connectivity index (χ2n) is 6.69. The lowest BCUT2D eigenvalue weighted by Gasteiger charge is -2.34. The predicted octanol–water partition coefficient (Wildman–Crippen LogP) is 1.23. The Morgan fingerprint density at radius 3 is 2.61 bits per heavy atom. The van der Waals surface area contributed by atoms with Gasteiger partial charge < -0.3 is 11.5 Å². The van der Waals surface area contributed by atoms with Gasteiger partial charge in [-0.3, -0.25) is 9.69 Å². The van der Waals surface area contributed by atoms with Crippen molar-refractivity contribution in [1.82, 2.24) is 4.90 Å². The molecule has 4 N–H and O–H groups in total. The maximum absolute atomic E-state index is 11.5. The van der Waals surface area contributed by atoms with Crippen LogP contribution in [0.25, 0.3) is 0 Å². The van der Waals surface area contributed by atoms with E-state index in [1.54, 1.807) is 0 Å². The van der Waals surface area contributed by atoms with Gasteiger partial charge in [-0.1, -0.05) is 6.42 Å². The monoisotopic (exact) mass is 253 g/mol. The Labute approximate surface area is 110 Å². The average Bonchev–Trinajstić information content (AvgIpc) is 2.80. The van der Waals surface area contributed by atoms with Crippen molar-refractivity contribution < 1.29 is 4.79 Å². The van der Waals surface area contributed by atoms with Gasteiger partial charge >= 0.3 is 0 Å². The predicted molar refractivity (Wildman–Crippen MR) is 73.0 cm³/mol. The summed E-state index contributed by atoms with van der Waals surface area (Å²) in [7, 11) is 0. The first-order valence-corrected chi connectivity index (χ1v) is 7.20. The van der Waals surface area contributed by atoms with E-state index in [2.05, 4.69) is 18.7 Å². The van der Waals surface area contributed by atoms with E-state index >= 15 is 0 Å². The van der Waals surface area contributed by atoms with Crippen LogP contribution in [0, 0.1) is 5.92 Å². The fraction of sp³-hybridized carbons (Fsp3) is 0.929. The molecular weight excluding hydrogens is 226 g/mol.